The zero-order chi connectivity index (χ0) is 14.4. The van der Waals surface area contributed by atoms with Crippen molar-refractivity contribution < 1.29 is 9.84 Å². The lowest BCUT2D eigenvalue weighted by molar-refractivity contribution is 0.201. The standard InChI is InChI=1S/C16H19NO2S/c1-12(2)19-14-8-13(9-17-10-14)16(18)11-20-15-6-4-3-5-7-15/h3-10,12,16,18H,11H2,1-2H3. The fourth-order valence-electron chi connectivity index (χ4n) is 1.74. The van der Waals surface area contributed by atoms with Gasteiger partial charge in [-0.1, -0.05) is 18.2 Å². The Kier molecular flexibility index (Phi) is 5.44. The second kappa shape index (κ2) is 7.31. The Morgan fingerprint density at radius 1 is 1.20 bits per heavy atom. The minimum Gasteiger partial charge on any atom is -0.489 e. The molecule has 0 saturated heterocycles. The van der Waals surface area contributed by atoms with Crippen molar-refractivity contribution >= 4 is 11.8 Å². The Hall–Kier alpha value is -1.52. The lowest BCUT2D eigenvalue weighted by Gasteiger charge is -2.13. The molecule has 0 radical (unpaired) electrons. The van der Waals surface area contributed by atoms with E-state index in [4.69, 9.17) is 4.74 Å². The molecular formula is C16H19NO2S. The molecule has 1 unspecified atom stereocenters. The molecule has 1 N–H and O–H groups in total. The maximum Gasteiger partial charge on any atom is 0.138 e. The van der Waals surface area contributed by atoms with E-state index in [1.165, 1.54) is 0 Å². The number of aliphatic hydroxyl groups is 1. The SMILES string of the molecule is CC(C)Oc1cncc(C(O)CSc2ccccc2)c1. The number of hydrogen-bond donors (Lipinski definition) is 1. The molecule has 0 spiro atoms. The van der Waals surface area contributed by atoms with Crippen LogP contribution >= 0.6 is 11.8 Å². The maximum absolute atomic E-state index is 10.2. The summed E-state index contributed by atoms with van der Waals surface area (Å²) in [4.78, 5) is 5.27. The van der Waals surface area contributed by atoms with Crippen LogP contribution in [0, 0.1) is 0 Å². The molecule has 106 valence electrons. The van der Waals surface area contributed by atoms with Crippen LogP contribution in [0.25, 0.3) is 0 Å². The summed E-state index contributed by atoms with van der Waals surface area (Å²) in [5.41, 5.74) is 0.784. The molecule has 3 nitrogen and oxygen atoms in total. The van der Waals surface area contributed by atoms with Gasteiger partial charge in [-0.2, -0.15) is 0 Å². The van der Waals surface area contributed by atoms with E-state index in [1.807, 2.05) is 50.2 Å². The monoisotopic (exact) mass is 289 g/mol. The Balaban J connectivity index is 1.96. The highest BCUT2D eigenvalue weighted by Gasteiger charge is 2.10. The number of benzene rings is 1. The summed E-state index contributed by atoms with van der Waals surface area (Å²) in [6.07, 6.45) is 2.90. The zero-order valence-electron chi connectivity index (χ0n) is 11.7. The smallest absolute Gasteiger partial charge is 0.138 e. The number of ether oxygens (including phenoxy) is 1. The summed E-state index contributed by atoms with van der Waals surface area (Å²) in [6, 6.07) is 11.9. The Bertz CT molecular complexity index is 531. The molecule has 20 heavy (non-hydrogen) atoms. The van der Waals surface area contributed by atoms with Gasteiger partial charge < -0.3 is 9.84 Å². The number of thioether (sulfide) groups is 1. The topological polar surface area (TPSA) is 42.4 Å². The van der Waals surface area contributed by atoms with Gasteiger partial charge in [0.25, 0.3) is 0 Å². The van der Waals surface area contributed by atoms with E-state index < -0.39 is 6.10 Å². The van der Waals surface area contributed by atoms with E-state index in [1.54, 1.807) is 24.2 Å². The largest absolute Gasteiger partial charge is 0.489 e. The van der Waals surface area contributed by atoms with Gasteiger partial charge in [0.05, 0.1) is 18.4 Å². The minimum absolute atomic E-state index is 0.0999. The molecule has 0 aliphatic heterocycles. The molecule has 1 aromatic carbocycles. The van der Waals surface area contributed by atoms with E-state index in [0.29, 0.717) is 11.5 Å². The van der Waals surface area contributed by atoms with Crippen molar-refractivity contribution in [3.05, 3.63) is 54.4 Å². The van der Waals surface area contributed by atoms with Gasteiger partial charge in [0, 0.05) is 22.4 Å². The fraction of sp³-hybridized carbons (Fsp3) is 0.312. The quantitative estimate of drug-likeness (QED) is 0.823. The first-order chi connectivity index (χ1) is 9.65. The number of hydrogen-bond acceptors (Lipinski definition) is 4. The van der Waals surface area contributed by atoms with Gasteiger partial charge in [-0.15, -0.1) is 11.8 Å². The molecule has 0 aliphatic carbocycles. The molecule has 0 bridgehead atoms. The van der Waals surface area contributed by atoms with Gasteiger partial charge in [0.2, 0.25) is 0 Å². The van der Waals surface area contributed by atoms with E-state index in [9.17, 15) is 5.11 Å². The lowest BCUT2D eigenvalue weighted by Crippen LogP contribution is -2.07. The van der Waals surface area contributed by atoms with Crippen LogP contribution in [0.5, 0.6) is 5.75 Å². The molecule has 4 heteroatoms. The van der Waals surface area contributed by atoms with Crippen LogP contribution in [0.3, 0.4) is 0 Å². The fourth-order valence-corrected chi connectivity index (χ4v) is 2.63. The van der Waals surface area contributed by atoms with Crippen molar-refractivity contribution in [1.29, 1.82) is 0 Å². The van der Waals surface area contributed by atoms with Crippen LogP contribution in [0.4, 0.5) is 0 Å². The van der Waals surface area contributed by atoms with Gasteiger partial charge in [0.1, 0.15) is 5.75 Å². The van der Waals surface area contributed by atoms with Crippen LogP contribution < -0.4 is 4.74 Å². The molecule has 2 aromatic rings. The van der Waals surface area contributed by atoms with Crippen molar-refractivity contribution in [3.8, 4) is 5.75 Å². The number of aromatic nitrogens is 1. The average molecular weight is 289 g/mol. The van der Waals surface area contributed by atoms with Crippen LogP contribution in [0.2, 0.25) is 0 Å². The molecule has 0 fully saturated rings. The van der Waals surface area contributed by atoms with Crippen LogP contribution in [0.15, 0.2) is 53.7 Å². The summed E-state index contributed by atoms with van der Waals surface area (Å²) in [6.45, 7) is 3.93. The molecule has 1 aromatic heterocycles. The molecule has 1 atom stereocenters. The molecular weight excluding hydrogens is 270 g/mol. The first-order valence-corrected chi connectivity index (χ1v) is 7.61. The molecule has 2 rings (SSSR count). The predicted molar refractivity (Wildman–Crippen MR) is 82.1 cm³/mol. The summed E-state index contributed by atoms with van der Waals surface area (Å²) in [7, 11) is 0. The molecule has 0 saturated carbocycles. The molecule has 1 heterocycles. The number of rotatable bonds is 6. The van der Waals surface area contributed by atoms with Crippen molar-refractivity contribution in [1.82, 2.24) is 4.98 Å². The lowest BCUT2D eigenvalue weighted by atomic mass is 10.2. The third-order valence-corrected chi connectivity index (χ3v) is 3.73. The van der Waals surface area contributed by atoms with Crippen LogP contribution in [-0.2, 0) is 0 Å². The van der Waals surface area contributed by atoms with Gasteiger partial charge in [-0.25, -0.2) is 0 Å². The second-order valence-corrected chi connectivity index (χ2v) is 5.85. The first kappa shape index (κ1) is 14.9. The first-order valence-electron chi connectivity index (χ1n) is 6.62. The summed E-state index contributed by atoms with van der Waals surface area (Å²) in [5.74, 6) is 1.29. The van der Waals surface area contributed by atoms with E-state index in [-0.39, 0.29) is 6.10 Å². The van der Waals surface area contributed by atoms with Crippen molar-refractivity contribution in [2.45, 2.75) is 31.0 Å². The highest BCUT2D eigenvalue weighted by molar-refractivity contribution is 7.99. The third kappa shape index (κ3) is 4.54. The molecule has 0 amide bonds. The maximum atomic E-state index is 10.2. The normalized spacial score (nSPS) is 12.4. The van der Waals surface area contributed by atoms with E-state index in [2.05, 4.69) is 4.98 Å². The summed E-state index contributed by atoms with van der Waals surface area (Å²) < 4.78 is 5.59. The number of aliphatic hydroxyl groups excluding tert-OH is 1. The summed E-state index contributed by atoms with van der Waals surface area (Å²) >= 11 is 1.62. The number of pyridine rings is 1. The highest BCUT2D eigenvalue weighted by Crippen LogP contribution is 2.25. The van der Waals surface area contributed by atoms with Gasteiger partial charge in [-0.05, 0) is 32.0 Å². The highest BCUT2D eigenvalue weighted by atomic mass is 32.2. The van der Waals surface area contributed by atoms with Crippen molar-refractivity contribution in [2.75, 3.05) is 5.75 Å². The van der Waals surface area contributed by atoms with Crippen LogP contribution in [-0.4, -0.2) is 21.9 Å². The van der Waals surface area contributed by atoms with Gasteiger partial charge in [-0.3, -0.25) is 4.98 Å². The van der Waals surface area contributed by atoms with Crippen molar-refractivity contribution in [3.63, 3.8) is 0 Å². The minimum atomic E-state index is -0.552. The van der Waals surface area contributed by atoms with Gasteiger partial charge >= 0.3 is 0 Å². The van der Waals surface area contributed by atoms with Crippen molar-refractivity contribution in [2.24, 2.45) is 0 Å². The van der Waals surface area contributed by atoms with E-state index in [0.717, 1.165) is 10.5 Å². The molecule has 0 aliphatic rings. The Labute approximate surface area is 124 Å². The number of nitrogens with zero attached hydrogens (tertiary/aromatic N) is 1. The zero-order valence-corrected chi connectivity index (χ0v) is 12.5. The second-order valence-electron chi connectivity index (χ2n) is 4.76. The van der Waals surface area contributed by atoms with Gasteiger partial charge in [0.15, 0.2) is 0 Å². The average Bonchev–Trinajstić information content (AvgIpc) is 2.45. The Morgan fingerprint density at radius 3 is 2.65 bits per heavy atom. The Morgan fingerprint density at radius 2 is 1.95 bits per heavy atom. The van der Waals surface area contributed by atoms with E-state index >= 15 is 0 Å². The predicted octanol–water partition coefficient (Wildman–Crippen LogP) is 3.69. The summed E-state index contributed by atoms with van der Waals surface area (Å²) in [5, 5.41) is 10.2. The van der Waals surface area contributed by atoms with Crippen LogP contribution in [0.1, 0.15) is 25.5 Å². The third-order valence-electron chi connectivity index (χ3n) is 2.64.